The molecule has 9 heteroatoms. The minimum Gasteiger partial charge on any atom is -0.462 e. The van der Waals surface area contributed by atoms with Gasteiger partial charge in [0.1, 0.15) is 0 Å². The summed E-state index contributed by atoms with van der Waals surface area (Å²) in [6.07, 6.45) is 2.18. The number of H-pyrrole nitrogens is 1. The number of sulfonamides is 1. The highest BCUT2D eigenvalue weighted by Crippen LogP contribution is 2.24. The maximum Gasteiger partial charge on any atom is 0.338 e. The number of ether oxygens (including phenoxy) is 2. The van der Waals surface area contributed by atoms with E-state index in [1.807, 2.05) is 25.1 Å². The summed E-state index contributed by atoms with van der Waals surface area (Å²) in [6.45, 7) is 4.49. The molecular weight excluding hydrogens is 468 g/mol. The van der Waals surface area contributed by atoms with E-state index in [-0.39, 0.29) is 41.8 Å². The lowest BCUT2D eigenvalue weighted by atomic mass is 10.1. The van der Waals surface area contributed by atoms with Gasteiger partial charge in [-0.15, -0.1) is 0 Å². The number of aromatic nitrogens is 1. The Bertz CT molecular complexity index is 1380. The predicted octanol–water partition coefficient (Wildman–Crippen LogP) is 3.64. The van der Waals surface area contributed by atoms with Crippen molar-refractivity contribution < 1.29 is 22.7 Å². The van der Waals surface area contributed by atoms with Gasteiger partial charge in [-0.25, -0.2) is 13.2 Å². The number of fused-ring (bicyclic) bond motifs is 1. The minimum atomic E-state index is -4.05. The summed E-state index contributed by atoms with van der Waals surface area (Å²) in [6, 6.07) is 13.4. The van der Waals surface area contributed by atoms with Crippen molar-refractivity contribution in [1.29, 1.82) is 0 Å². The van der Waals surface area contributed by atoms with E-state index in [1.54, 1.807) is 13.0 Å². The molecular formula is C26H30N2O6S. The van der Waals surface area contributed by atoms with Gasteiger partial charge in [-0.1, -0.05) is 19.1 Å². The SMILES string of the molecule is CCOC(=O)c1cccc(S(=O)(=O)N(Cc2cc3cc(CC)ccc3[nH]c2=O)CC2CCCO2)c1. The van der Waals surface area contributed by atoms with Gasteiger partial charge in [0.2, 0.25) is 10.0 Å². The van der Waals surface area contributed by atoms with E-state index in [4.69, 9.17) is 9.47 Å². The first kappa shape index (κ1) is 25.1. The van der Waals surface area contributed by atoms with Crippen LogP contribution in [0.25, 0.3) is 10.9 Å². The molecule has 1 atom stereocenters. The first-order chi connectivity index (χ1) is 16.8. The molecule has 1 aliphatic rings. The molecule has 3 aromatic rings. The molecule has 1 saturated heterocycles. The molecule has 1 aromatic heterocycles. The van der Waals surface area contributed by atoms with E-state index < -0.39 is 16.0 Å². The van der Waals surface area contributed by atoms with Crippen LogP contribution >= 0.6 is 0 Å². The van der Waals surface area contributed by atoms with Crippen LogP contribution in [0.5, 0.6) is 0 Å². The number of hydrogen-bond acceptors (Lipinski definition) is 6. The summed E-state index contributed by atoms with van der Waals surface area (Å²) in [7, 11) is -4.05. The fourth-order valence-electron chi connectivity index (χ4n) is 4.24. The molecule has 186 valence electrons. The van der Waals surface area contributed by atoms with Gasteiger partial charge in [-0.3, -0.25) is 4.79 Å². The average molecular weight is 499 g/mol. The Kier molecular flexibility index (Phi) is 7.69. The fourth-order valence-corrected chi connectivity index (χ4v) is 5.73. The van der Waals surface area contributed by atoms with E-state index in [1.165, 1.54) is 28.6 Å². The van der Waals surface area contributed by atoms with E-state index in [9.17, 15) is 18.0 Å². The van der Waals surface area contributed by atoms with Crippen molar-refractivity contribution in [3.63, 3.8) is 0 Å². The highest BCUT2D eigenvalue weighted by atomic mass is 32.2. The van der Waals surface area contributed by atoms with Crippen LogP contribution < -0.4 is 5.56 Å². The molecule has 0 aliphatic carbocycles. The third kappa shape index (κ3) is 5.63. The summed E-state index contributed by atoms with van der Waals surface area (Å²) in [5.74, 6) is -0.590. The maximum atomic E-state index is 13.7. The normalized spacial score (nSPS) is 16.1. The molecule has 1 fully saturated rings. The quantitative estimate of drug-likeness (QED) is 0.452. The minimum absolute atomic E-state index is 0.0356. The Balaban J connectivity index is 1.72. The van der Waals surface area contributed by atoms with Crippen LogP contribution in [0.1, 0.15) is 48.2 Å². The zero-order valence-electron chi connectivity index (χ0n) is 20.0. The van der Waals surface area contributed by atoms with Crippen LogP contribution in [0, 0.1) is 0 Å². The van der Waals surface area contributed by atoms with Crippen LogP contribution in [-0.4, -0.2) is 49.5 Å². The van der Waals surface area contributed by atoms with Crippen LogP contribution in [-0.2, 0) is 32.5 Å². The smallest absolute Gasteiger partial charge is 0.338 e. The van der Waals surface area contributed by atoms with Gasteiger partial charge < -0.3 is 14.5 Å². The van der Waals surface area contributed by atoms with Crippen molar-refractivity contribution in [3.8, 4) is 0 Å². The summed E-state index contributed by atoms with van der Waals surface area (Å²) < 4.78 is 39.5. The predicted molar refractivity (Wildman–Crippen MR) is 133 cm³/mol. The second kappa shape index (κ2) is 10.7. The van der Waals surface area contributed by atoms with Crippen molar-refractivity contribution in [2.75, 3.05) is 19.8 Å². The van der Waals surface area contributed by atoms with Gasteiger partial charge in [-0.05, 0) is 73.5 Å². The lowest BCUT2D eigenvalue weighted by Gasteiger charge is -2.25. The highest BCUT2D eigenvalue weighted by molar-refractivity contribution is 7.89. The molecule has 35 heavy (non-hydrogen) atoms. The largest absolute Gasteiger partial charge is 0.462 e. The molecule has 4 rings (SSSR count). The molecule has 2 aromatic carbocycles. The molecule has 1 unspecified atom stereocenters. The number of nitrogens with zero attached hydrogens (tertiary/aromatic N) is 1. The van der Waals surface area contributed by atoms with Gasteiger partial charge in [0.05, 0.1) is 23.2 Å². The summed E-state index contributed by atoms with van der Waals surface area (Å²) in [4.78, 5) is 27.9. The van der Waals surface area contributed by atoms with Crippen LogP contribution in [0.2, 0.25) is 0 Å². The molecule has 1 aliphatic heterocycles. The van der Waals surface area contributed by atoms with Gasteiger partial charge in [0.15, 0.2) is 0 Å². The first-order valence-electron chi connectivity index (χ1n) is 11.9. The monoisotopic (exact) mass is 498 g/mol. The summed E-state index contributed by atoms with van der Waals surface area (Å²) in [5, 5.41) is 0.845. The highest BCUT2D eigenvalue weighted by Gasteiger charge is 2.30. The van der Waals surface area contributed by atoms with Gasteiger partial charge in [-0.2, -0.15) is 4.31 Å². The van der Waals surface area contributed by atoms with Gasteiger partial charge >= 0.3 is 5.97 Å². The number of hydrogen-bond donors (Lipinski definition) is 1. The van der Waals surface area contributed by atoms with Crippen molar-refractivity contribution in [3.05, 3.63) is 75.6 Å². The molecule has 0 bridgehead atoms. The van der Waals surface area contributed by atoms with Crippen molar-refractivity contribution in [1.82, 2.24) is 9.29 Å². The Morgan fingerprint density at radius 3 is 2.71 bits per heavy atom. The van der Waals surface area contributed by atoms with E-state index in [0.717, 1.165) is 30.2 Å². The number of esters is 1. The molecule has 1 N–H and O–H groups in total. The second-order valence-corrected chi connectivity index (χ2v) is 10.5. The maximum absolute atomic E-state index is 13.7. The molecule has 0 amide bonds. The number of rotatable bonds is 9. The molecule has 0 saturated carbocycles. The molecule has 0 spiro atoms. The third-order valence-corrected chi connectivity index (χ3v) is 7.96. The van der Waals surface area contributed by atoms with Crippen molar-refractivity contribution >= 4 is 26.9 Å². The van der Waals surface area contributed by atoms with E-state index in [2.05, 4.69) is 4.98 Å². The summed E-state index contributed by atoms with van der Waals surface area (Å²) >= 11 is 0. The lowest BCUT2D eigenvalue weighted by Crippen LogP contribution is -2.38. The number of benzene rings is 2. The number of aromatic amines is 1. The molecule has 2 heterocycles. The first-order valence-corrected chi connectivity index (χ1v) is 13.3. The third-order valence-electron chi connectivity index (χ3n) is 6.15. The molecule has 0 radical (unpaired) electrons. The Morgan fingerprint density at radius 2 is 2.00 bits per heavy atom. The number of aryl methyl sites for hydroxylation is 1. The van der Waals surface area contributed by atoms with Crippen LogP contribution in [0.3, 0.4) is 0 Å². The van der Waals surface area contributed by atoms with Gasteiger partial charge in [0.25, 0.3) is 5.56 Å². The van der Waals surface area contributed by atoms with Crippen LogP contribution in [0.4, 0.5) is 0 Å². The zero-order chi connectivity index (χ0) is 25.0. The fraction of sp³-hybridized carbons (Fsp3) is 0.385. The number of carbonyl (C=O) groups is 1. The molecule has 8 nitrogen and oxygen atoms in total. The zero-order valence-corrected chi connectivity index (χ0v) is 20.8. The topological polar surface area (TPSA) is 106 Å². The Morgan fingerprint density at radius 1 is 1.17 bits per heavy atom. The number of carbonyl (C=O) groups excluding carboxylic acids is 1. The second-order valence-electron chi connectivity index (χ2n) is 8.58. The number of pyridine rings is 1. The lowest BCUT2D eigenvalue weighted by molar-refractivity contribution is 0.0526. The van der Waals surface area contributed by atoms with E-state index >= 15 is 0 Å². The van der Waals surface area contributed by atoms with Crippen molar-refractivity contribution in [2.24, 2.45) is 0 Å². The summed E-state index contributed by atoms with van der Waals surface area (Å²) in [5.41, 5.74) is 1.98. The Labute approximate surface area is 204 Å². The number of nitrogens with one attached hydrogen (secondary N) is 1. The average Bonchev–Trinajstić information content (AvgIpc) is 3.37. The Hall–Kier alpha value is -3.01. The van der Waals surface area contributed by atoms with E-state index in [0.29, 0.717) is 17.7 Å². The standard InChI is InChI=1S/C26H30N2O6S/c1-3-18-10-11-24-20(13-18)14-21(25(29)27-24)16-28(17-22-8-6-12-34-22)35(31,32)23-9-5-7-19(15-23)26(30)33-4-2/h5,7,9-11,13-15,22H,3-4,6,8,12,16-17H2,1-2H3,(H,27,29). The van der Waals surface area contributed by atoms with Gasteiger partial charge in [0, 0.05) is 30.8 Å². The van der Waals surface area contributed by atoms with Crippen LogP contribution in [0.15, 0.2) is 58.2 Å². The van der Waals surface area contributed by atoms with Crippen molar-refractivity contribution in [2.45, 2.75) is 50.7 Å².